The number of hydrogen-bond acceptors (Lipinski definition) is 3. The number of aliphatic carboxylic acids is 1. The Kier molecular flexibility index (Phi) is 6.32. The van der Waals surface area contributed by atoms with Gasteiger partial charge in [-0.05, 0) is 31.0 Å². The minimum absolute atomic E-state index is 0.0675. The first kappa shape index (κ1) is 15.5. The summed E-state index contributed by atoms with van der Waals surface area (Å²) in [5.74, 6) is -1.43. The smallest absolute Gasteiger partial charge is 0.329 e. The standard InChI is InChI=1S/C13H16ClNO4/c1-9(6-10-2-4-11(14)5-3-10)15-12(16)7-19-8-13(17)18/h2-5,9H,6-8H2,1H3,(H,15,16)(H,17,18). The van der Waals surface area contributed by atoms with Gasteiger partial charge in [0.05, 0.1) is 0 Å². The minimum Gasteiger partial charge on any atom is -0.480 e. The number of rotatable bonds is 7. The predicted molar refractivity (Wildman–Crippen MR) is 71.2 cm³/mol. The number of carbonyl (C=O) groups excluding carboxylic acids is 1. The van der Waals surface area contributed by atoms with Gasteiger partial charge in [0.15, 0.2) is 0 Å². The van der Waals surface area contributed by atoms with Crippen LogP contribution < -0.4 is 5.32 Å². The molecule has 0 saturated carbocycles. The van der Waals surface area contributed by atoms with Crippen LogP contribution in [-0.2, 0) is 20.7 Å². The Hall–Kier alpha value is -1.59. The van der Waals surface area contributed by atoms with E-state index in [1.807, 2.05) is 19.1 Å². The molecule has 0 aliphatic carbocycles. The molecule has 1 unspecified atom stereocenters. The third-order valence-electron chi connectivity index (χ3n) is 2.32. The van der Waals surface area contributed by atoms with E-state index in [4.69, 9.17) is 21.4 Å². The Bertz CT molecular complexity index is 433. The monoisotopic (exact) mass is 285 g/mol. The number of carboxylic acids is 1. The average molecular weight is 286 g/mol. The van der Waals surface area contributed by atoms with Gasteiger partial charge in [-0.3, -0.25) is 4.79 Å². The lowest BCUT2D eigenvalue weighted by molar-refractivity contribution is -0.143. The molecule has 1 rings (SSSR count). The van der Waals surface area contributed by atoms with Crippen molar-refractivity contribution in [2.75, 3.05) is 13.2 Å². The van der Waals surface area contributed by atoms with Crippen molar-refractivity contribution in [3.8, 4) is 0 Å². The summed E-state index contributed by atoms with van der Waals surface area (Å²) in [6, 6.07) is 7.31. The van der Waals surface area contributed by atoms with Crippen molar-refractivity contribution in [3.05, 3.63) is 34.9 Å². The summed E-state index contributed by atoms with van der Waals surface area (Å²) < 4.78 is 4.69. The molecule has 0 aromatic heterocycles. The fourth-order valence-electron chi connectivity index (χ4n) is 1.57. The van der Waals surface area contributed by atoms with Crippen LogP contribution >= 0.6 is 11.6 Å². The summed E-state index contributed by atoms with van der Waals surface area (Å²) in [4.78, 5) is 21.6. The molecule has 2 N–H and O–H groups in total. The molecule has 5 nitrogen and oxygen atoms in total. The average Bonchev–Trinajstić information content (AvgIpc) is 2.31. The number of carbonyl (C=O) groups is 2. The first-order valence-corrected chi connectivity index (χ1v) is 6.18. The van der Waals surface area contributed by atoms with E-state index in [1.54, 1.807) is 12.1 Å². The molecule has 1 aromatic carbocycles. The van der Waals surface area contributed by atoms with Crippen LogP contribution in [0.25, 0.3) is 0 Å². The maximum Gasteiger partial charge on any atom is 0.329 e. The van der Waals surface area contributed by atoms with Gasteiger partial charge in [0.2, 0.25) is 5.91 Å². The Morgan fingerprint density at radius 3 is 2.53 bits per heavy atom. The van der Waals surface area contributed by atoms with Crippen LogP contribution in [-0.4, -0.2) is 36.2 Å². The second kappa shape index (κ2) is 7.76. The van der Waals surface area contributed by atoms with Gasteiger partial charge in [-0.25, -0.2) is 4.79 Å². The summed E-state index contributed by atoms with van der Waals surface area (Å²) in [5.41, 5.74) is 1.06. The Morgan fingerprint density at radius 2 is 1.95 bits per heavy atom. The Morgan fingerprint density at radius 1 is 1.32 bits per heavy atom. The number of halogens is 1. The molecule has 0 spiro atoms. The van der Waals surface area contributed by atoms with Gasteiger partial charge in [0.25, 0.3) is 0 Å². The molecule has 1 atom stereocenters. The quantitative estimate of drug-likeness (QED) is 0.796. The molecular formula is C13H16ClNO4. The largest absolute Gasteiger partial charge is 0.480 e. The van der Waals surface area contributed by atoms with Gasteiger partial charge < -0.3 is 15.2 Å². The van der Waals surface area contributed by atoms with E-state index in [9.17, 15) is 9.59 Å². The van der Waals surface area contributed by atoms with Gasteiger partial charge in [-0.1, -0.05) is 23.7 Å². The number of hydrogen-bond donors (Lipinski definition) is 2. The van der Waals surface area contributed by atoms with Crippen LogP contribution in [0.4, 0.5) is 0 Å². The van der Waals surface area contributed by atoms with E-state index < -0.39 is 12.6 Å². The predicted octanol–water partition coefficient (Wildman–Crippen LogP) is 1.49. The summed E-state index contributed by atoms with van der Waals surface area (Å²) in [6.45, 7) is 1.14. The fraction of sp³-hybridized carbons (Fsp3) is 0.385. The lowest BCUT2D eigenvalue weighted by Crippen LogP contribution is -2.36. The Labute approximate surface area is 116 Å². The molecule has 0 fully saturated rings. The molecule has 0 heterocycles. The summed E-state index contributed by atoms with van der Waals surface area (Å²) in [7, 11) is 0. The lowest BCUT2D eigenvalue weighted by atomic mass is 10.1. The van der Waals surface area contributed by atoms with Crippen molar-refractivity contribution in [3.63, 3.8) is 0 Å². The molecule has 6 heteroatoms. The summed E-state index contributed by atoms with van der Waals surface area (Å²) in [6.07, 6.45) is 0.668. The van der Waals surface area contributed by atoms with E-state index in [0.717, 1.165) is 5.56 Å². The highest BCUT2D eigenvalue weighted by molar-refractivity contribution is 6.30. The van der Waals surface area contributed by atoms with E-state index in [-0.39, 0.29) is 18.6 Å². The normalized spacial score (nSPS) is 11.9. The zero-order valence-electron chi connectivity index (χ0n) is 10.6. The molecule has 0 aliphatic heterocycles. The third-order valence-corrected chi connectivity index (χ3v) is 2.57. The summed E-state index contributed by atoms with van der Waals surface area (Å²) >= 11 is 5.78. The van der Waals surface area contributed by atoms with Crippen LogP contribution in [0, 0.1) is 0 Å². The fourth-order valence-corrected chi connectivity index (χ4v) is 1.70. The minimum atomic E-state index is -1.10. The highest BCUT2D eigenvalue weighted by atomic mass is 35.5. The molecule has 104 valence electrons. The molecule has 19 heavy (non-hydrogen) atoms. The highest BCUT2D eigenvalue weighted by Gasteiger charge is 2.09. The van der Waals surface area contributed by atoms with E-state index in [2.05, 4.69) is 5.32 Å². The molecular weight excluding hydrogens is 270 g/mol. The second-order valence-corrected chi connectivity index (χ2v) is 4.62. The van der Waals surface area contributed by atoms with Gasteiger partial charge >= 0.3 is 5.97 Å². The number of nitrogens with one attached hydrogen (secondary N) is 1. The molecule has 1 amide bonds. The molecule has 0 radical (unpaired) electrons. The first-order chi connectivity index (χ1) is 8.97. The van der Waals surface area contributed by atoms with E-state index in [0.29, 0.717) is 11.4 Å². The Balaban J connectivity index is 2.30. The number of carboxylic acid groups (broad SMARTS) is 1. The zero-order valence-corrected chi connectivity index (χ0v) is 11.3. The number of benzene rings is 1. The van der Waals surface area contributed by atoms with Crippen molar-refractivity contribution < 1.29 is 19.4 Å². The molecule has 0 bridgehead atoms. The van der Waals surface area contributed by atoms with E-state index >= 15 is 0 Å². The zero-order chi connectivity index (χ0) is 14.3. The molecule has 0 aliphatic rings. The SMILES string of the molecule is CC(Cc1ccc(Cl)cc1)NC(=O)COCC(=O)O. The van der Waals surface area contributed by atoms with Gasteiger partial charge in [0, 0.05) is 11.1 Å². The van der Waals surface area contributed by atoms with Gasteiger partial charge in [-0.2, -0.15) is 0 Å². The van der Waals surface area contributed by atoms with Crippen molar-refractivity contribution >= 4 is 23.5 Å². The van der Waals surface area contributed by atoms with E-state index in [1.165, 1.54) is 0 Å². The van der Waals surface area contributed by atoms with Crippen LogP contribution in [0.1, 0.15) is 12.5 Å². The number of amides is 1. The lowest BCUT2D eigenvalue weighted by Gasteiger charge is -2.14. The van der Waals surface area contributed by atoms with Crippen LogP contribution in [0.2, 0.25) is 5.02 Å². The number of ether oxygens (including phenoxy) is 1. The van der Waals surface area contributed by atoms with Crippen molar-refractivity contribution in [1.29, 1.82) is 0 Å². The summed E-state index contributed by atoms with van der Waals surface area (Å²) in [5, 5.41) is 11.8. The van der Waals surface area contributed by atoms with Crippen molar-refractivity contribution in [2.45, 2.75) is 19.4 Å². The van der Waals surface area contributed by atoms with Crippen molar-refractivity contribution in [1.82, 2.24) is 5.32 Å². The second-order valence-electron chi connectivity index (χ2n) is 4.19. The maximum atomic E-state index is 11.4. The highest BCUT2D eigenvalue weighted by Crippen LogP contribution is 2.10. The first-order valence-electron chi connectivity index (χ1n) is 5.80. The van der Waals surface area contributed by atoms with Crippen LogP contribution in [0.3, 0.4) is 0 Å². The van der Waals surface area contributed by atoms with Crippen LogP contribution in [0.5, 0.6) is 0 Å². The maximum absolute atomic E-state index is 11.4. The van der Waals surface area contributed by atoms with Crippen molar-refractivity contribution in [2.24, 2.45) is 0 Å². The molecule has 1 aromatic rings. The third kappa shape index (κ3) is 6.79. The van der Waals surface area contributed by atoms with Crippen LogP contribution in [0.15, 0.2) is 24.3 Å². The topological polar surface area (TPSA) is 75.6 Å². The molecule has 0 saturated heterocycles. The van der Waals surface area contributed by atoms with Gasteiger partial charge in [0.1, 0.15) is 13.2 Å². The van der Waals surface area contributed by atoms with Gasteiger partial charge in [-0.15, -0.1) is 0 Å².